The van der Waals surface area contributed by atoms with Crippen molar-refractivity contribution in [2.24, 2.45) is 7.05 Å². The number of carbonyl (C=O) groups excluding carboxylic acids is 1. The highest BCUT2D eigenvalue weighted by Gasteiger charge is 2.27. The van der Waals surface area contributed by atoms with E-state index in [1.807, 2.05) is 6.92 Å². The molecule has 2 aromatic heterocycles. The maximum absolute atomic E-state index is 12.6. The van der Waals surface area contributed by atoms with Crippen LogP contribution in [0.4, 0.5) is 0 Å². The average molecular weight is 304 g/mol. The van der Waals surface area contributed by atoms with Gasteiger partial charge in [-0.3, -0.25) is 9.59 Å². The van der Waals surface area contributed by atoms with E-state index < -0.39 is 0 Å². The SMILES string of the molecule is Cc1oc2ncn(C)c(=O)c2c1C(=O)NC1CCCNC1C. The number of hydrogen-bond donors (Lipinski definition) is 2. The Morgan fingerprint density at radius 2 is 2.32 bits per heavy atom. The number of furan rings is 1. The predicted octanol–water partition coefficient (Wildman–Crippen LogP) is 0.705. The second kappa shape index (κ2) is 5.57. The standard InChI is InChI=1S/C15H20N4O3/c1-8-10(5-4-6-16-8)18-13(20)11-9(2)22-14-12(11)15(21)19(3)7-17-14/h7-8,10,16H,4-6H2,1-3H3,(H,18,20). The van der Waals surface area contributed by atoms with Crippen LogP contribution in [0.5, 0.6) is 0 Å². The molecule has 22 heavy (non-hydrogen) atoms. The average Bonchev–Trinajstić information content (AvgIpc) is 2.82. The molecule has 1 fully saturated rings. The molecule has 3 rings (SSSR count). The van der Waals surface area contributed by atoms with Crippen LogP contribution in [0.3, 0.4) is 0 Å². The van der Waals surface area contributed by atoms with Crippen molar-refractivity contribution in [2.75, 3.05) is 6.54 Å². The molecule has 0 aliphatic carbocycles. The minimum Gasteiger partial charge on any atom is -0.442 e. The minimum absolute atomic E-state index is 0.0473. The Morgan fingerprint density at radius 3 is 3.05 bits per heavy atom. The number of nitrogens with one attached hydrogen (secondary N) is 2. The van der Waals surface area contributed by atoms with Crippen molar-refractivity contribution in [3.63, 3.8) is 0 Å². The molecule has 2 aromatic rings. The summed E-state index contributed by atoms with van der Waals surface area (Å²) in [5.41, 5.74) is 0.226. The Balaban J connectivity index is 1.98. The largest absolute Gasteiger partial charge is 0.442 e. The molecular formula is C15H20N4O3. The summed E-state index contributed by atoms with van der Waals surface area (Å²) in [5, 5.41) is 6.60. The third kappa shape index (κ3) is 2.41. The van der Waals surface area contributed by atoms with Crippen LogP contribution < -0.4 is 16.2 Å². The Labute approximate surface area is 127 Å². The molecule has 0 radical (unpaired) electrons. The number of nitrogens with zero attached hydrogens (tertiary/aromatic N) is 2. The van der Waals surface area contributed by atoms with Gasteiger partial charge in [-0.15, -0.1) is 0 Å². The summed E-state index contributed by atoms with van der Waals surface area (Å²) in [6.45, 7) is 4.69. The second-order valence-corrected chi connectivity index (χ2v) is 5.84. The summed E-state index contributed by atoms with van der Waals surface area (Å²) < 4.78 is 6.82. The molecule has 2 atom stereocenters. The van der Waals surface area contributed by atoms with Crippen LogP contribution in [0.15, 0.2) is 15.5 Å². The van der Waals surface area contributed by atoms with Crippen LogP contribution in [0.25, 0.3) is 11.1 Å². The van der Waals surface area contributed by atoms with E-state index in [9.17, 15) is 9.59 Å². The highest BCUT2D eigenvalue weighted by atomic mass is 16.3. The molecule has 1 amide bonds. The Kier molecular flexibility index (Phi) is 3.74. The zero-order valence-electron chi connectivity index (χ0n) is 13.0. The fourth-order valence-electron chi connectivity index (χ4n) is 2.94. The van der Waals surface area contributed by atoms with Gasteiger partial charge in [-0.1, -0.05) is 0 Å². The topological polar surface area (TPSA) is 89.2 Å². The first-order valence-electron chi connectivity index (χ1n) is 7.48. The van der Waals surface area contributed by atoms with Gasteiger partial charge in [0.15, 0.2) is 0 Å². The minimum atomic E-state index is -0.276. The smallest absolute Gasteiger partial charge is 0.265 e. The summed E-state index contributed by atoms with van der Waals surface area (Å²) >= 11 is 0. The third-order valence-electron chi connectivity index (χ3n) is 4.25. The highest BCUT2D eigenvalue weighted by molar-refractivity contribution is 6.06. The van der Waals surface area contributed by atoms with Gasteiger partial charge in [0.2, 0.25) is 5.71 Å². The molecule has 0 saturated carbocycles. The molecule has 0 bridgehead atoms. The number of hydrogen-bond acceptors (Lipinski definition) is 5. The van der Waals surface area contributed by atoms with E-state index in [1.165, 1.54) is 10.9 Å². The van der Waals surface area contributed by atoms with Crippen molar-refractivity contribution in [3.05, 3.63) is 28.0 Å². The molecule has 7 nitrogen and oxygen atoms in total. The monoisotopic (exact) mass is 304 g/mol. The lowest BCUT2D eigenvalue weighted by Crippen LogP contribution is -2.52. The first kappa shape index (κ1) is 14.8. The fourth-order valence-corrected chi connectivity index (χ4v) is 2.94. The molecule has 7 heteroatoms. The van der Waals surface area contributed by atoms with Crippen LogP contribution >= 0.6 is 0 Å². The summed E-state index contributed by atoms with van der Waals surface area (Å²) in [7, 11) is 1.60. The quantitative estimate of drug-likeness (QED) is 0.853. The number of piperidine rings is 1. The van der Waals surface area contributed by atoms with E-state index in [1.54, 1.807) is 14.0 Å². The van der Waals surface area contributed by atoms with Crippen LogP contribution in [0.2, 0.25) is 0 Å². The van der Waals surface area contributed by atoms with Crippen molar-refractivity contribution in [1.82, 2.24) is 20.2 Å². The molecule has 2 N–H and O–H groups in total. The summed E-state index contributed by atoms with van der Waals surface area (Å²) in [6.07, 6.45) is 3.33. The maximum Gasteiger partial charge on any atom is 0.265 e. The molecule has 118 valence electrons. The third-order valence-corrected chi connectivity index (χ3v) is 4.25. The van der Waals surface area contributed by atoms with E-state index in [0.29, 0.717) is 11.3 Å². The van der Waals surface area contributed by atoms with Gasteiger partial charge < -0.3 is 19.6 Å². The van der Waals surface area contributed by atoms with Gasteiger partial charge in [0, 0.05) is 19.1 Å². The fraction of sp³-hybridized carbons (Fsp3) is 0.533. The van der Waals surface area contributed by atoms with Gasteiger partial charge in [-0.05, 0) is 33.2 Å². The molecule has 3 heterocycles. The van der Waals surface area contributed by atoms with Crippen molar-refractivity contribution in [3.8, 4) is 0 Å². The number of aromatic nitrogens is 2. The van der Waals surface area contributed by atoms with Crippen LogP contribution in [0.1, 0.15) is 35.9 Å². The first-order chi connectivity index (χ1) is 10.5. The predicted molar refractivity (Wildman–Crippen MR) is 81.9 cm³/mol. The summed E-state index contributed by atoms with van der Waals surface area (Å²) in [5.74, 6) is 0.140. The number of amides is 1. The summed E-state index contributed by atoms with van der Waals surface area (Å²) in [4.78, 5) is 29.0. The van der Waals surface area contributed by atoms with Crippen molar-refractivity contribution >= 4 is 17.0 Å². The molecule has 1 aliphatic heterocycles. The van der Waals surface area contributed by atoms with Crippen LogP contribution in [-0.2, 0) is 7.05 Å². The van der Waals surface area contributed by atoms with Gasteiger partial charge in [-0.2, -0.15) is 0 Å². The number of rotatable bonds is 2. The highest BCUT2D eigenvalue weighted by Crippen LogP contribution is 2.21. The lowest BCUT2D eigenvalue weighted by Gasteiger charge is -2.30. The number of carbonyl (C=O) groups is 1. The van der Waals surface area contributed by atoms with Crippen molar-refractivity contribution < 1.29 is 9.21 Å². The lowest BCUT2D eigenvalue weighted by molar-refractivity contribution is 0.0919. The molecule has 1 saturated heterocycles. The van der Waals surface area contributed by atoms with Crippen molar-refractivity contribution in [1.29, 1.82) is 0 Å². The van der Waals surface area contributed by atoms with E-state index in [-0.39, 0.29) is 34.6 Å². The van der Waals surface area contributed by atoms with Gasteiger partial charge in [0.05, 0.1) is 5.56 Å². The molecule has 0 spiro atoms. The van der Waals surface area contributed by atoms with Crippen LogP contribution in [0, 0.1) is 6.92 Å². The molecular weight excluding hydrogens is 284 g/mol. The molecule has 0 aromatic carbocycles. The van der Waals surface area contributed by atoms with Gasteiger partial charge >= 0.3 is 0 Å². The van der Waals surface area contributed by atoms with E-state index in [2.05, 4.69) is 15.6 Å². The number of aryl methyl sites for hydroxylation is 2. The zero-order valence-corrected chi connectivity index (χ0v) is 13.0. The molecule has 1 aliphatic rings. The first-order valence-corrected chi connectivity index (χ1v) is 7.48. The van der Waals surface area contributed by atoms with Gasteiger partial charge in [-0.25, -0.2) is 4.98 Å². The summed E-state index contributed by atoms with van der Waals surface area (Å²) in [6, 6.07) is 0.253. The van der Waals surface area contributed by atoms with Crippen molar-refractivity contribution in [2.45, 2.75) is 38.8 Å². The Morgan fingerprint density at radius 1 is 1.55 bits per heavy atom. The second-order valence-electron chi connectivity index (χ2n) is 5.84. The molecule has 2 unspecified atom stereocenters. The van der Waals surface area contributed by atoms with E-state index in [0.717, 1.165) is 19.4 Å². The Bertz CT molecular complexity index is 777. The number of fused-ring (bicyclic) bond motifs is 1. The maximum atomic E-state index is 12.6. The van der Waals surface area contributed by atoms with E-state index >= 15 is 0 Å². The Hall–Kier alpha value is -2.15. The zero-order chi connectivity index (χ0) is 15.9. The van der Waals surface area contributed by atoms with Gasteiger partial charge in [0.25, 0.3) is 11.5 Å². The van der Waals surface area contributed by atoms with Gasteiger partial charge in [0.1, 0.15) is 17.5 Å². The lowest BCUT2D eigenvalue weighted by atomic mass is 9.99. The normalized spacial score (nSPS) is 22.0. The van der Waals surface area contributed by atoms with E-state index in [4.69, 9.17) is 4.42 Å². The van der Waals surface area contributed by atoms with Crippen LogP contribution in [-0.4, -0.2) is 34.1 Å².